The second-order valence-corrected chi connectivity index (χ2v) is 9.26. The zero-order chi connectivity index (χ0) is 20.7. The number of carboxylic acid groups (broad SMARTS) is 1. The highest BCUT2D eigenvalue weighted by Crippen LogP contribution is 2.54. The van der Waals surface area contributed by atoms with Crippen LogP contribution in [0.15, 0.2) is 34.9 Å². The Balaban J connectivity index is 2.51. The molecule has 0 unspecified atom stereocenters. The largest absolute Gasteiger partial charge is 0.481 e. The standard InChI is InChI=1S/C25H38O3/c1-18(2)7-6-16-25(24(27)28)22-13-10-19(3)8-5-9-20(4)11-15-23(25)21(17-26)12-14-22/h7,9-10,17,21-23H,5-6,8,11-16H2,1-4H3,(H,27,28)/b19-10+,20-9+/t21-,22+,23+,25-/m1/s1. The molecular formula is C25H38O3. The van der Waals surface area contributed by atoms with E-state index in [9.17, 15) is 14.7 Å². The maximum Gasteiger partial charge on any atom is 0.310 e. The lowest BCUT2D eigenvalue weighted by molar-refractivity contribution is -0.165. The molecule has 0 aromatic heterocycles. The van der Waals surface area contributed by atoms with Crippen LogP contribution in [0.2, 0.25) is 0 Å². The fraction of sp³-hybridized carbons (Fsp3) is 0.680. The molecule has 1 fully saturated rings. The average molecular weight is 387 g/mol. The maximum atomic E-state index is 12.8. The molecule has 2 aliphatic rings. The molecule has 0 saturated heterocycles. The molecule has 156 valence electrons. The number of carboxylic acids is 1. The van der Waals surface area contributed by atoms with Gasteiger partial charge in [-0.15, -0.1) is 0 Å². The third-order valence-corrected chi connectivity index (χ3v) is 7.07. The Morgan fingerprint density at radius 1 is 1.14 bits per heavy atom. The zero-order valence-corrected chi connectivity index (χ0v) is 18.2. The van der Waals surface area contributed by atoms with Gasteiger partial charge in [-0.1, -0.05) is 34.9 Å². The topological polar surface area (TPSA) is 54.4 Å². The summed E-state index contributed by atoms with van der Waals surface area (Å²) >= 11 is 0. The Labute approximate surface area is 171 Å². The van der Waals surface area contributed by atoms with Crippen molar-refractivity contribution in [2.24, 2.45) is 23.2 Å². The van der Waals surface area contributed by atoms with Gasteiger partial charge in [0, 0.05) is 5.92 Å². The molecule has 0 heterocycles. The summed E-state index contributed by atoms with van der Waals surface area (Å²) < 4.78 is 0. The van der Waals surface area contributed by atoms with Crippen LogP contribution >= 0.6 is 0 Å². The van der Waals surface area contributed by atoms with E-state index in [2.05, 4.69) is 45.9 Å². The lowest BCUT2D eigenvalue weighted by Crippen LogP contribution is -2.51. The van der Waals surface area contributed by atoms with Gasteiger partial charge in [0.2, 0.25) is 0 Å². The molecule has 28 heavy (non-hydrogen) atoms. The summed E-state index contributed by atoms with van der Waals surface area (Å²) in [7, 11) is 0. The molecule has 3 heteroatoms. The molecule has 0 aromatic carbocycles. The van der Waals surface area contributed by atoms with Gasteiger partial charge in [0.1, 0.15) is 6.29 Å². The van der Waals surface area contributed by atoms with Gasteiger partial charge in [-0.2, -0.15) is 0 Å². The minimum atomic E-state index is -0.813. The third-order valence-electron chi connectivity index (χ3n) is 7.07. The van der Waals surface area contributed by atoms with Crippen LogP contribution in [0.4, 0.5) is 0 Å². The molecular weight excluding hydrogens is 348 g/mol. The van der Waals surface area contributed by atoms with Gasteiger partial charge in [0.15, 0.2) is 0 Å². The van der Waals surface area contributed by atoms with Gasteiger partial charge >= 0.3 is 5.97 Å². The molecule has 2 aliphatic carbocycles. The molecule has 2 rings (SSSR count). The predicted molar refractivity (Wildman–Crippen MR) is 115 cm³/mol. The van der Waals surface area contributed by atoms with Gasteiger partial charge in [-0.05, 0) is 97.3 Å². The first kappa shape index (κ1) is 22.6. The van der Waals surface area contributed by atoms with Crippen LogP contribution in [0.1, 0.15) is 85.5 Å². The number of aldehydes is 1. The highest BCUT2D eigenvalue weighted by Gasteiger charge is 2.55. The van der Waals surface area contributed by atoms with Crippen molar-refractivity contribution < 1.29 is 14.7 Å². The summed E-state index contributed by atoms with van der Waals surface area (Å²) in [5.74, 6) is -0.806. The highest BCUT2D eigenvalue weighted by atomic mass is 16.4. The van der Waals surface area contributed by atoms with Crippen LogP contribution in [-0.2, 0) is 9.59 Å². The Bertz CT molecular complexity index is 651. The smallest absolute Gasteiger partial charge is 0.310 e. The van der Waals surface area contributed by atoms with Crippen molar-refractivity contribution in [3.63, 3.8) is 0 Å². The van der Waals surface area contributed by atoms with E-state index in [1.165, 1.54) is 16.7 Å². The van der Waals surface area contributed by atoms with Crippen molar-refractivity contribution in [2.45, 2.75) is 85.5 Å². The van der Waals surface area contributed by atoms with E-state index in [-0.39, 0.29) is 17.8 Å². The van der Waals surface area contributed by atoms with Crippen LogP contribution in [0.25, 0.3) is 0 Å². The van der Waals surface area contributed by atoms with Crippen LogP contribution in [0, 0.1) is 23.2 Å². The Morgan fingerprint density at radius 3 is 2.50 bits per heavy atom. The molecule has 0 spiro atoms. The first-order valence-corrected chi connectivity index (χ1v) is 10.9. The van der Waals surface area contributed by atoms with Crippen molar-refractivity contribution in [1.82, 2.24) is 0 Å². The normalized spacial score (nSPS) is 35.2. The number of fused-ring (bicyclic) bond motifs is 2. The van der Waals surface area contributed by atoms with Gasteiger partial charge < -0.3 is 9.90 Å². The molecule has 0 amide bonds. The van der Waals surface area contributed by atoms with Crippen LogP contribution in [0.3, 0.4) is 0 Å². The van der Waals surface area contributed by atoms with E-state index in [0.29, 0.717) is 6.42 Å². The predicted octanol–water partition coefficient (Wildman–Crippen LogP) is 6.50. The van der Waals surface area contributed by atoms with E-state index in [4.69, 9.17) is 0 Å². The fourth-order valence-corrected chi connectivity index (χ4v) is 5.41. The SMILES string of the molecule is CC(C)=CCC[C@@]1(C(=O)O)[C@H]2C/C=C(\C)CC/C=C(\C)CC[C@H]1[C@@H](C=O)CC2. The summed E-state index contributed by atoms with van der Waals surface area (Å²) in [5.41, 5.74) is 3.08. The first-order valence-electron chi connectivity index (χ1n) is 10.9. The number of carbonyl (C=O) groups excluding carboxylic acids is 1. The molecule has 4 atom stereocenters. The van der Waals surface area contributed by atoms with Crippen molar-refractivity contribution in [3.05, 3.63) is 34.9 Å². The lowest BCUT2D eigenvalue weighted by Gasteiger charge is -2.49. The molecule has 1 saturated carbocycles. The van der Waals surface area contributed by atoms with Crippen molar-refractivity contribution >= 4 is 12.3 Å². The van der Waals surface area contributed by atoms with Gasteiger partial charge in [0.25, 0.3) is 0 Å². The highest BCUT2D eigenvalue weighted by molar-refractivity contribution is 5.77. The Morgan fingerprint density at radius 2 is 1.86 bits per heavy atom. The summed E-state index contributed by atoms with van der Waals surface area (Å²) in [6.45, 7) is 8.43. The van der Waals surface area contributed by atoms with E-state index >= 15 is 0 Å². The number of aliphatic carboxylic acids is 1. The van der Waals surface area contributed by atoms with E-state index in [1.807, 2.05) is 0 Å². The fourth-order valence-electron chi connectivity index (χ4n) is 5.41. The minimum absolute atomic E-state index is 0.0803. The molecule has 0 aromatic rings. The average Bonchev–Trinajstić information content (AvgIpc) is 2.63. The zero-order valence-electron chi connectivity index (χ0n) is 18.2. The number of hydrogen-bond donors (Lipinski definition) is 1. The monoisotopic (exact) mass is 386 g/mol. The second-order valence-electron chi connectivity index (χ2n) is 9.26. The Kier molecular flexibility index (Phi) is 8.27. The molecule has 0 radical (unpaired) electrons. The van der Waals surface area contributed by atoms with Gasteiger partial charge in [-0.25, -0.2) is 0 Å². The van der Waals surface area contributed by atoms with Crippen molar-refractivity contribution in [2.75, 3.05) is 0 Å². The van der Waals surface area contributed by atoms with Gasteiger partial charge in [0.05, 0.1) is 5.41 Å². The van der Waals surface area contributed by atoms with E-state index < -0.39 is 11.4 Å². The lowest BCUT2D eigenvalue weighted by atomic mass is 9.53. The van der Waals surface area contributed by atoms with Crippen molar-refractivity contribution in [3.8, 4) is 0 Å². The minimum Gasteiger partial charge on any atom is -0.481 e. The van der Waals surface area contributed by atoms with Crippen LogP contribution in [-0.4, -0.2) is 17.4 Å². The van der Waals surface area contributed by atoms with E-state index in [0.717, 1.165) is 57.7 Å². The van der Waals surface area contributed by atoms with Crippen LogP contribution in [0.5, 0.6) is 0 Å². The molecule has 1 N–H and O–H groups in total. The molecule has 3 nitrogen and oxygen atoms in total. The second kappa shape index (κ2) is 10.2. The summed E-state index contributed by atoms with van der Waals surface area (Å²) in [6, 6.07) is 0. The number of carbonyl (C=O) groups is 2. The number of allylic oxidation sites excluding steroid dienone is 6. The van der Waals surface area contributed by atoms with Crippen molar-refractivity contribution in [1.29, 1.82) is 0 Å². The maximum absolute atomic E-state index is 12.8. The van der Waals surface area contributed by atoms with Gasteiger partial charge in [-0.3, -0.25) is 4.79 Å². The quantitative estimate of drug-likeness (QED) is 0.433. The summed E-state index contributed by atoms with van der Waals surface area (Å²) in [5, 5.41) is 10.5. The van der Waals surface area contributed by atoms with E-state index in [1.54, 1.807) is 0 Å². The molecule has 2 bridgehead atoms. The summed E-state index contributed by atoms with van der Waals surface area (Å²) in [6.07, 6.45) is 15.4. The first-order chi connectivity index (χ1) is 13.3. The summed E-state index contributed by atoms with van der Waals surface area (Å²) in [4.78, 5) is 24.8. The third kappa shape index (κ3) is 5.24. The Hall–Kier alpha value is -1.64. The molecule has 0 aliphatic heterocycles. The number of rotatable bonds is 5. The van der Waals surface area contributed by atoms with Crippen LogP contribution < -0.4 is 0 Å². The number of hydrogen-bond acceptors (Lipinski definition) is 2.